The summed E-state index contributed by atoms with van der Waals surface area (Å²) in [6.07, 6.45) is 0. The number of fused-ring (bicyclic) bond motifs is 7. The first-order chi connectivity index (χ1) is 26.0. The lowest BCUT2D eigenvalue weighted by molar-refractivity contribution is 0.662. The predicted molar refractivity (Wildman–Crippen MR) is 220 cm³/mol. The molecule has 0 aliphatic heterocycles. The summed E-state index contributed by atoms with van der Waals surface area (Å²) in [6.45, 7) is 4.68. The minimum absolute atomic E-state index is 0.284. The van der Waals surface area contributed by atoms with Gasteiger partial charge in [0.25, 0.3) is 0 Å². The molecule has 0 fully saturated rings. The molecule has 0 saturated heterocycles. The molecule has 10 rings (SSSR count). The summed E-state index contributed by atoms with van der Waals surface area (Å²) in [6, 6.07) is 62.4. The molecule has 0 unspecified atom stereocenters. The molecular weight excluding hydrogens is 643 g/mol. The van der Waals surface area contributed by atoms with Crippen molar-refractivity contribution in [2.24, 2.45) is 0 Å². The van der Waals surface area contributed by atoms with E-state index in [4.69, 9.17) is 15.0 Å². The van der Waals surface area contributed by atoms with Gasteiger partial charge in [0.05, 0.1) is 0 Å². The molecule has 0 saturated carbocycles. The molecule has 0 amide bonds. The van der Waals surface area contributed by atoms with Crippen molar-refractivity contribution in [2.45, 2.75) is 19.3 Å². The average molecular weight is 678 g/mol. The summed E-state index contributed by atoms with van der Waals surface area (Å²) in [7, 11) is 0. The molecule has 1 heterocycles. The summed E-state index contributed by atoms with van der Waals surface area (Å²) < 4.78 is 0. The van der Waals surface area contributed by atoms with Crippen LogP contribution in [0.1, 0.15) is 25.0 Å². The molecule has 9 aromatic rings. The Kier molecular flexibility index (Phi) is 7.16. The zero-order chi connectivity index (χ0) is 35.5. The van der Waals surface area contributed by atoms with E-state index in [2.05, 4.69) is 178 Å². The van der Waals surface area contributed by atoms with Crippen molar-refractivity contribution in [2.75, 3.05) is 0 Å². The Morgan fingerprint density at radius 3 is 1.45 bits per heavy atom. The topological polar surface area (TPSA) is 38.7 Å². The average Bonchev–Trinajstić information content (AvgIpc) is 3.47. The molecule has 0 spiro atoms. The van der Waals surface area contributed by atoms with E-state index < -0.39 is 0 Å². The first-order valence-corrected chi connectivity index (χ1v) is 18.2. The van der Waals surface area contributed by atoms with Crippen LogP contribution in [0.2, 0.25) is 0 Å². The van der Waals surface area contributed by atoms with Crippen LogP contribution in [0, 0.1) is 0 Å². The number of aromatic nitrogens is 3. The number of benzene rings is 8. The van der Waals surface area contributed by atoms with Crippen molar-refractivity contribution in [1.29, 1.82) is 0 Å². The third-order valence-corrected chi connectivity index (χ3v) is 10.9. The van der Waals surface area contributed by atoms with Crippen molar-refractivity contribution < 1.29 is 0 Å². The van der Waals surface area contributed by atoms with E-state index in [9.17, 15) is 0 Å². The van der Waals surface area contributed by atoms with Gasteiger partial charge < -0.3 is 0 Å². The highest BCUT2D eigenvalue weighted by Crippen LogP contribution is 2.55. The number of hydrogen-bond donors (Lipinski definition) is 0. The molecule has 0 N–H and O–H groups in total. The second-order valence-electron chi connectivity index (χ2n) is 14.4. The fourth-order valence-electron chi connectivity index (χ4n) is 8.29. The smallest absolute Gasteiger partial charge is 0.164 e. The van der Waals surface area contributed by atoms with E-state index in [0.717, 1.165) is 27.8 Å². The van der Waals surface area contributed by atoms with Crippen LogP contribution >= 0.6 is 0 Å². The molecule has 250 valence electrons. The lowest BCUT2D eigenvalue weighted by Gasteiger charge is -2.24. The van der Waals surface area contributed by atoms with Crippen LogP contribution < -0.4 is 0 Å². The highest BCUT2D eigenvalue weighted by Gasteiger charge is 2.39. The van der Waals surface area contributed by atoms with Gasteiger partial charge in [-0.2, -0.15) is 0 Å². The van der Waals surface area contributed by atoms with Crippen LogP contribution in [0.5, 0.6) is 0 Å². The Bertz CT molecular complexity index is 2720. The first-order valence-electron chi connectivity index (χ1n) is 18.2. The Labute approximate surface area is 309 Å². The molecule has 1 aliphatic carbocycles. The lowest BCUT2D eigenvalue weighted by atomic mass is 9.79. The molecule has 53 heavy (non-hydrogen) atoms. The van der Waals surface area contributed by atoms with Crippen molar-refractivity contribution >= 4 is 21.5 Å². The van der Waals surface area contributed by atoms with Gasteiger partial charge in [0.2, 0.25) is 0 Å². The van der Waals surface area contributed by atoms with Gasteiger partial charge in [0.15, 0.2) is 17.5 Å². The molecule has 1 aliphatic rings. The van der Waals surface area contributed by atoms with E-state index in [-0.39, 0.29) is 5.41 Å². The summed E-state index contributed by atoms with van der Waals surface area (Å²) in [4.78, 5) is 15.7. The number of rotatable bonds is 5. The summed E-state index contributed by atoms with van der Waals surface area (Å²) in [5.74, 6) is 1.98. The van der Waals surface area contributed by atoms with Gasteiger partial charge in [-0.15, -0.1) is 0 Å². The zero-order valence-electron chi connectivity index (χ0n) is 29.6. The Morgan fingerprint density at radius 1 is 0.358 bits per heavy atom. The second-order valence-corrected chi connectivity index (χ2v) is 14.4. The molecule has 0 bridgehead atoms. The normalized spacial score (nSPS) is 12.9. The van der Waals surface area contributed by atoms with Crippen LogP contribution in [0.25, 0.3) is 89.1 Å². The summed E-state index contributed by atoms with van der Waals surface area (Å²) in [5, 5.41) is 5.08. The summed E-state index contributed by atoms with van der Waals surface area (Å²) in [5.41, 5.74) is 12.4. The van der Waals surface area contributed by atoms with E-state index in [0.29, 0.717) is 17.5 Å². The fraction of sp³-hybridized carbons (Fsp3) is 0.0600. The molecule has 3 heteroatoms. The zero-order valence-corrected chi connectivity index (χ0v) is 29.6. The molecule has 3 nitrogen and oxygen atoms in total. The maximum Gasteiger partial charge on any atom is 0.164 e. The maximum absolute atomic E-state index is 5.26. The van der Waals surface area contributed by atoms with Crippen LogP contribution in [0.4, 0.5) is 0 Å². The van der Waals surface area contributed by atoms with Crippen LogP contribution in [-0.4, -0.2) is 15.0 Å². The highest BCUT2D eigenvalue weighted by atomic mass is 15.0. The molecule has 8 aromatic carbocycles. The molecule has 0 radical (unpaired) electrons. The van der Waals surface area contributed by atoms with Crippen molar-refractivity contribution in [3.05, 3.63) is 187 Å². The maximum atomic E-state index is 5.26. The van der Waals surface area contributed by atoms with Crippen LogP contribution in [-0.2, 0) is 5.41 Å². The van der Waals surface area contributed by atoms with Gasteiger partial charge >= 0.3 is 0 Å². The van der Waals surface area contributed by atoms with Crippen LogP contribution in [0.3, 0.4) is 0 Å². The Balaban J connectivity index is 1.17. The van der Waals surface area contributed by atoms with E-state index in [1.807, 2.05) is 12.1 Å². The van der Waals surface area contributed by atoms with Gasteiger partial charge in [-0.1, -0.05) is 190 Å². The fourth-order valence-corrected chi connectivity index (χ4v) is 8.29. The third kappa shape index (κ3) is 5.16. The summed E-state index contributed by atoms with van der Waals surface area (Å²) >= 11 is 0. The van der Waals surface area contributed by atoms with Gasteiger partial charge in [0, 0.05) is 22.1 Å². The Hall–Kier alpha value is -6.71. The minimum atomic E-state index is -0.284. The Morgan fingerprint density at radius 2 is 0.830 bits per heavy atom. The van der Waals surface area contributed by atoms with E-state index in [1.165, 1.54) is 54.9 Å². The number of nitrogens with zero attached hydrogens (tertiary/aromatic N) is 3. The van der Waals surface area contributed by atoms with Gasteiger partial charge in [-0.25, -0.2) is 15.0 Å². The third-order valence-electron chi connectivity index (χ3n) is 10.9. The molecular formula is C50H35N3. The number of hydrogen-bond acceptors (Lipinski definition) is 3. The van der Waals surface area contributed by atoms with Crippen molar-refractivity contribution in [1.82, 2.24) is 15.0 Å². The molecule has 1 aromatic heterocycles. The molecule has 0 atom stereocenters. The minimum Gasteiger partial charge on any atom is -0.208 e. The van der Waals surface area contributed by atoms with Gasteiger partial charge in [-0.3, -0.25) is 0 Å². The van der Waals surface area contributed by atoms with Gasteiger partial charge in [-0.05, 0) is 66.1 Å². The quantitative estimate of drug-likeness (QED) is 0.170. The highest BCUT2D eigenvalue weighted by molar-refractivity contribution is 6.17. The second kappa shape index (κ2) is 12.2. The largest absolute Gasteiger partial charge is 0.208 e. The van der Waals surface area contributed by atoms with Crippen molar-refractivity contribution in [3.63, 3.8) is 0 Å². The monoisotopic (exact) mass is 677 g/mol. The van der Waals surface area contributed by atoms with E-state index >= 15 is 0 Å². The van der Waals surface area contributed by atoms with Gasteiger partial charge in [0.1, 0.15) is 0 Å². The standard InChI is InChI=1S/C50H35N3/c1-50(2)43-31-30-37-25-24-36-16-9-10-17-40(36)44(37)45(43)41-18-11-19-42(46(41)50)49-52-47(38-26-20-34(21-27-38)32-12-5-3-6-13-32)51-48(53-49)39-28-22-35(23-29-39)33-14-7-4-8-15-33/h3-31H,1-2H3. The SMILES string of the molecule is CC1(C)c2ccc3ccc4ccccc4c3c2-c2cccc(-c3nc(-c4ccc(-c5ccccc5)cc4)nc(-c4ccc(-c5ccccc5)cc4)n3)c21. The van der Waals surface area contributed by atoms with Crippen molar-refractivity contribution in [3.8, 4) is 67.5 Å². The van der Waals surface area contributed by atoms with E-state index in [1.54, 1.807) is 0 Å². The lowest BCUT2D eigenvalue weighted by Crippen LogP contribution is -2.17. The first kappa shape index (κ1) is 31.1. The van der Waals surface area contributed by atoms with Crippen LogP contribution in [0.15, 0.2) is 176 Å². The predicted octanol–water partition coefficient (Wildman–Crippen LogP) is 12.8.